The summed E-state index contributed by atoms with van der Waals surface area (Å²) in [6.07, 6.45) is 0.176. The largest absolute Gasteiger partial charge is 0.480 e. The summed E-state index contributed by atoms with van der Waals surface area (Å²) in [4.78, 5) is 21.3. The number of carboxylic acids is 1. The number of nitrogens with one attached hydrogen (secondary N) is 1. The first-order chi connectivity index (χ1) is 8.95. The van der Waals surface area contributed by atoms with Crippen molar-refractivity contribution in [2.24, 2.45) is 0 Å². The van der Waals surface area contributed by atoms with Gasteiger partial charge >= 0.3 is 5.97 Å². The van der Waals surface area contributed by atoms with Gasteiger partial charge in [0, 0.05) is 31.2 Å². The Morgan fingerprint density at radius 2 is 2.32 bits per heavy atom. The fourth-order valence-corrected chi connectivity index (χ4v) is 1.64. The topological polar surface area (TPSA) is 102 Å². The van der Waals surface area contributed by atoms with Crippen LogP contribution in [0.3, 0.4) is 0 Å². The number of rotatable bonds is 7. The monoisotopic (exact) mass is 288 g/mol. The molecule has 0 saturated heterocycles. The van der Waals surface area contributed by atoms with E-state index in [1.54, 1.807) is 0 Å². The first-order valence-corrected chi connectivity index (χ1v) is 5.75. The Morgan fingerprint density at radius 1 is 1.63 bits per heavy atom. The number of nitro groups is 1. The van der Waals surface area contributed by atoms with Gasteiger partial charge in [0.25, 0.3) is 5.69 Å². The highest BCUT2D eigenvalue weighted by atomic mass is 35.5. The van der Waals surface area contributed by atoms with E-state index in [0.717, 1.165) is 0 Å². The number of halogens is 1. The highest BCUT2D eigenvalue weighted by Gasteiger charge is 2.22. The number of carboxylic acid groups (broad SMARTS) is 1. The average Bonchev–Trinajstić information content (AvgIpc) is 2.33. The summed E-state index contributed by atoms with van der Waals surface area (Å²) in [5.41, 5.74) is -0.158. The van der Waals surface area contributed by atoms with Crippen LogP contribution in [0.15, 0.2) is 18.2 Å². The molecule has 19 heavy (non-hydrogen) atoms. The molecule has 0 aromatic heterocycles. The van der Waals surface area contributed by atoms with Gasteiger partial charge < -0.3 is 15.2 Å². The van der Waals surface area contributed by atoms with Crippen molar-refractivity contribution < 1.29 is 19.6 Å². The molecule has 2 N–H and O–H groups in total. The summed E-state index contributed by atoms with van der Waals surface area (Å²) < 4.78 is 4.80. The minimum absolute atomic E-state index is 0.0704. The van der Waals surface area contributed by atoms with Gasteiger partial charge in [0.15, 0.2) is 0 Å². The van der Waals surface area contributed by atoms with E-state index in [9.17, 15) is 14.9 Å². The lowest BCUT2D eigenvalue weighted by Gasteiger charge is -2.15. The molecule has 1 aromatic carbocycles. The van der Waals surface area contributed by atoms with E-state index in [-0.39, 0.29) is 29.4 Å². The van der Waals surface area contributed by atoms with Crippen LogP contribution in [0.25, 0.3) is 0 Å². The number of methoxy groups -OCH3 is 1. The maximum atomic E-state index is 11.1. The van der Waals surface area contributed by atoms with Gasteiger partial charge in [0.1, 0.15) is 11.7 Å². The Morgan fingerprint density at radius 3 is 2.84 bits per heavy atom. The predicted molar refractivity (Wildman–Crippen MR) is 69.6 cm³/mol. The van der Waals surface area contributed by atoms with E-state index in [1.807, 2.05) is 0 Å². The number of nitro benzene ring substituents is 1. The zero-order valence-corrected chi connectivity index (χ0v) is 10.9. The Bertz CT molecular complexity index is 480. The summed E-state index contributed by atoms with van der Waals surface area (Å²) in [5, 5.41) is 22.8. The molecule has 0 amide bonds. The minimum Gasteiger partial charge on any atom is -0.480 e. The molecule has 0 bridgehead atoms. The minimum atomic E-state index is -1.12. The number of anilines is 1. The molecule has 104 valence electrons. The zero-order valence-electron chi connectivity index (χ0n) is 10.1. The lowest BCUT2D eigenvalue weighted by molar-refractivity contribution is -0.384. The van der Waals surface area contributed by atoms with Crippen molar-refractivity contribution >= 4 is 28.9 Å². The highest BCUT2D eigenvalue weighted by molar-refractivity contribution is 6.31. The van der Waals surface area contributed by atoms with Gasteiger partial charge in [0.2, 0.25) is 0 Å². The Balaban J connectivity index is 2.97. The number of nitrogens with zero attached hydrogens (tertiary/aromatic N) is 1. The highest BCUT2D eigenvalue weighted by Crippen LogP contribution is 2.28. The summed E-state index contributed by atoms with van der Waals surface area (Å²) >= 11 is 5.75. The van der Waals surface area contributed by atoms with Crippen LogP contribution in [0.5, 0.6) is 0 Å². The van der Waals surface area contributed by atoms with Crippen LogP contribution in [-0.2, 0) is 9.53 Å². The number of ether oxygens (including phenoxy) is 1. The smallest absolute Gasteiger partial charge is 0.326 e. The number of hydrogen-bond acceptors (Lipinski definition) is 5. The lowest BCUT2D eigenvalue weighted by Crippen LogP contribution is -2.30. The van der Waals surface area contributed by atoms with Crippen molar-refractivity contribution in [3.05, 3.63) is 33.3 Å². The molecule has 8 heteroatoms. The normalized spacial score (nSPS) is 11.9. The maximum Gasteiger partial charge on any atom is 0.326 e. The first-order valence-electron chi connectivity index (χ1n) is 5.38. The molecule has 0 radical (unpaired) electrons. The maximum absolute atomic E-state index is 11.1. The fraction of sp³-hybridized carbons (Fsp3) is 0.364. The third-order valence-electron chi connectivity index (χ3n) is 2.39. The molecule has 0 aliphatic carbocycles. The molecule has 0 heterocycles. The van der Waals surface area contributed by atoms with Crippen LogP contribution >= 0.6 is 11.6 Å². The number of benzene rings is 1. The molecule has 1 aromatic rings. The lowest BCUT2D eigenvalue weighted by atomic mass is 10.2. The molecule has 1 rings (SSSR count). The first kappa shape index (κ1) is 15.2. The molecule has 0 aliphatic rings. The van der Waals surface area contributed by atoms with Gasteiger partial charge in [-0.3, -0.25) is 10.1 Å². The van der Waals surface area contributed by atoms with E-state index in [4.69, 9.17) is 21.4 Å². The van der Waals surface area contributed by atoms with E-state index >= 15 is 0 Å². The van der Waals surface area contributed by atoms with Gasteiger partial charge in [-0.2, -0.15) is 0 Å². The Kier molecular flexibility index (Phi) is 5.53. The quantitative estimate of drug-likeness (QED) is 0.589. The number of hydrogen-bond donors (Lipinski definition) is 2. The van der Waals surface area contributed by atoms with Crippen LogP contribution in [0.1, 0.15) is 6.42 Å². The third kappa shape index (κ3) is 4.38. The van der Waals surface area contributed by atoms with Crippen LogP contribution in [0, 0.1) is 10.1 Å². The second-order valence-electron chi connectivity index (χ2n) is 3.74. The molecular weight excluding hydrogens is 276 g/mol. The second kappa shape index (κ2) is 6.91. The summed E-state index contributed by atoms with van der Waals surface area (Å²) in [7, 11) is 1.45. The standard InChI is InChI=1S/C11H13ClN2O5/c1-19-5-4-8(11(15)16)13-9-6-7(12)2-3-10(9)14(17)18/h2-3,6,8,13H,4-5H2,1H3,(H,15,16). The molecular formula is C11H13ClN2O5. The number of aliphatic carboxylic acids is 1. The predicted octanol–water partition coefficient (Wildman–Crippen LogP) is 2.15. The van der Waals surface area contributed by atoms with Crippen molar-refractivity contribution in [3.8, 4) is 0 Å². The summed E-state index contributed by atoms with van der Waals surface area (Å²) in [6, 6.07) is 2.93. The van der Waals surface area contributed by atoms with Gasteiger partial charge in [0.05, 0.1) is 4.92 Å². The molecule has 7 nitrogen and oxygen atoms in total. The van der Waals surface area contributed by atoms with Crippen molar-refractivity contribution in [2.75, 3.05) is 19.0 Å². The zero-order chi connectivity index (χ0) is 14.4. The number of carbonyl (C=O) groups is 1. The van der Waals surface area contributed by atoms with Crippen LogP contribution in [0.2, 0.25) is 5.02 Å². The SMILES string of the molecule is COCCC(Nc1cc(Cl)ccc1[N+](=O)[O-])C(=O)O. The third-order valence-corrected chi connectivity index (χ3v) is 2.63. The second-order valence-corrected chi connectivity index (χ2v) is 4.17. The van der Waals surface area contributed by atoms with Crippen molar-refractivity contribution in [1.29, 1.82) is 0 Å². The molecule has 1 unspecified atom stereocenters. The average molecular weight is 289 g/mol. The molecule has 0 fully saturated rings. The summed E-state index contributed by atoms with van der Waals surface area (Å²) in [6.45, 7) is 0.221. The van der Waals surface area contributed by atoms with Crippen molar-refractivity contribution in [2.45, 2.75) is 12.5 Å². The van der Waals surface area contributed by atoms with E-state index in [1.165, 1.54) is 25.3 Å². The molecule has 0 saturated carbocycles. The Labute approximate surface area is 114 Å². The van der Waals surface area contributed by atoms with Gasteiger partial charge in [-0.15, -0.1) is 0 Å². The van der Waals surface area contributed by atoms with Crippen LogP contribution in [-0.4, -0.2) is 35.8 Å². The van der Waals surface area contributed by atoms with Crippen molar-refractivity contribution in [1.82, 2.24) is 0 Å². The van der Waals surface area contributed by atoms with Gasteiger partial charge in [-0.1, -0.05) is 11.6 Å². The molecule has 1 atom stereocenters. The van der Waals surface area contributed by atoms with Crippen molar-refractivity contribution in [3.63, 3.8) is 0 Å². The van der Waals surface area contributed by atoms with Gasteiger partial charge in [-0.05, 0) is 12.1 Å². The van der Waals surface area contributed by atoms with E-state index < -0.39 is 16.9 Å². The van der Waals surface area contributed by atoms with Crippen LogP contribution in [0.4, 0.5) is 11.4 Å². The van der Waals surface area contributed by atoms with Crippen LogP contribution < -0.4 is 5.32 Å². The fourth-order valence-electron chi connectivity index (χ4n) is 1.46. The molecule has 0 spiro atoms. The molecule has 0 aliphatic heterocycles. The van der Waals surface area contributed by atoms with E-state index in [2.05, 4.69) is 5.32 Å². The summed E-state index contributed by atoms with van der Waals surface area (Å²) in [5.74, 6) is -1.12. The van der Waals surface area contributed by atoms with E-state index in [0.29, 0.717) is 0 Å². The Hall–Kier alpha value is -1.86. The van der Waals surface area contributed by atoms with Gasteiger partial charge in [-0.25, -0.2) is 4.79 Å².